The van der Waals surface area contributed by atoms with Crippen LogP contribution in [-0.4, -0.2) is 24.8 Å². The molecule has 1 heterocycles. The predicted molar refractivity (Wildman–Crippen MR) is 122 cm³/mol. The lowest BCUT2D eigenvalue weighted by Gasteiger charge is -2.33. The van der Waals surface area contributed by atoms with Crippen LogP contribution in [0, 0.1) is 5.92 Å². The summed E-state index contributed by atoms with van der Waals surface area (Å²) in [6.45, 7) is 9.43. The topological polar surface area (TPSA) is 36.5 Å². The van der Waals surface area contributed by atoms with E-state index in [1.165, 1.54) is 24.1 Å². The van der Waals surface area contributed by atoms with E-state index in [9.17, 15) is 0 Å². The molecule has 0 spiro atoms. The van der Waals surface area contributed by atoms with Crippen molar-refractivity contribution in [1.82, 2.24) is 5.32 Å². The van der Waals surface area contributed by atoms with Crippen molar-refractivity contribution in [3.05, 3.63) is 54.1 Å². The Labute approximate surface area is 174 Å². The smallest absolute Gasteiger partial charge is 0.171 e. The van der Waals surface area contributed by atoms with Gasteiger partial charge in [-0.25, -0.2) is 0 Å². The molecular formula is C23H31N3OS. The molecule has 1 saturated heterocycles. The summed E-state index contributed by atoms with van der Waals surface area (Å²) in [6.07, 6.45) is 2.63. The Balaban J connectivity index is 1.53. The Kier molecular flexibility index (Phi) is 7.15. The van der Waals surface area contributed by atoms with Crippen molar-refractivity contribution >= 4 is 28.7 Å². The van der Waals surface area contributed by atoms with Gasteiger partial charge in [-0.15, -0.1) is 0 Å². The second-order valence-electron chi connectivity index (χ2n) is 7.56. The summed E-state index contributed by atoms with van der Waals surface area (Å²) >= 11 is 5.48. The Morgan fingerprint density at radius 3 is 2.54 bits per heavy atom. The maximum atomic E-state index is 5.48. The van der Waals surface area contributed by atoms with E-state index < -0.39 is 0 Å². The molecule has 4 nitrogen and oxygen atoms in total. The molecule has 1 aliphatic rings. The number of nitrogens with one attached hydrogen (secondary N) is 2. The fourth-order valence-electron chi connectivity index (χ4n) is 3.65. The molecule has 0 aromatic heterocycles. The number of rotatable bonds is 6. The highest BCUT2D eigenvalue weighted by atomic mass is 32.1. The first-order valence-corrected chi connectivity index (χ1v) is 10.6. The summed E-state index contributed by atoms with van der Waals surface area (Å²) < 4.78 is 5.47. The monoisotopic (exact) mass is 397 g/mol. The average Bonchev–Trinajstić information content (AvgIpc) is 2.70. The van der Waals surface area contributed by atoms with Crippen molar-refractivity contribution in [3.63, 3.8) is 0 Å². The molecule has 2 N–H and O–H groups in total. The second kappa shape index (κ2) is 9.78. The third-order valence-electron chi connectivity index (χ3n) is 5.19. The molecule has 0 bridgehead atoms. The molecule has 0 aliphatic carbocycles. The van der Waals surface area contributed by atoms with Crippen LogP contribution in [0.1, 0.15) is 45.2 Å². The molecule has 5 heteroatoms. The minimum Gasteiger partial charge on any atom is -0.494 e. The quantitative estimate of drug-likeness (QED) is 0.641. The normalized spacial score (nSPS) is 17.7. The van der Waals surface area contributed by atoms with Crippen molar-refractivity contribution in [1.29, 1.82) is 0 Å². The fourth-order valence-corrected chi connectivity index (χ4v) is 3.94. The maximum absolute atomic E-state index is 5.48. The lowest BCUT2D eigenvalue weighted by atomic mass is 9.99. The fraction of sp³-hybridized carbons (Fsp3) is 0.435. The zero-order valence-corrected chi connectivity index (χ0v) is 17.9. The van der Waals surface area contributed by atoms with E-state index in [-0.39, 0.29) is 6.04 Å². The first-order chi connectivity index (χ1) is 13.5. The number of piperidine rings is 1. The van der Waals surface area contributed by atoms with Crippen molar-refractivity contribution in [2.75, 3.05) is 29.9 Å². The van der Waals surface area contributed by atoms with Gasteiger partial charge in [0.2, 0.25) is 0 Å². The standard InChI is InChI=1S/C23H31N3OS/c1-4-27-22-13-9-20(10-14-22)25-23(28)24-18(3)19-7-11-21(12-8-19)26-15-5-6-17(2)16-26/h7-14,17-18H,4-6,15-16H2,1-3H3,(H2,24,25,28)/t17-,18-/m1/s1. The first kappa shape index (κ1) is 20.5. The number of hydrogen-bond acceptors (Lipinski definition) is 3. The molecule has 2 atom stereocenters. The van der Waals surface area contributed by atoms with E-state index in [2.05, 4.69) is 53.6 Å². The third kappa shape index (κ3) is 5.61. The summed E-state index contributed by atoms with van der Waals surface area (Å²) in [5, 5.41) is 7.22. The Bertz CT molecular complexity index is 760. The Hall–Kier alpha value is -2.27. The minimum atomic E-state index is 0.136. The molecule has 2 aromatic rings. The Morgan fingerprint density at radius 1 is 1.18 bits per heavy atom. The summed E-state index contributed by atoms with van der Waals surface area (Å²) in [7, 11) is 0. The van der Waals surface area contributed by atoms with Crippen LogP contribution in [0.3, 0.4) is 0 Å². The van der Waals surface area contributed by atoms with Crippen molar-refractivity contribution in [2.24, 2.45) is 5.92 Å². The number of ether oxygens (including phenoxy) is 1. The van der Waals surface area contributed by atoms with Crippen LogP contribution < -0.4 is 20.3 Å². The van der Waals surface area contributed by atoms with E-state index in [1.807, 2.05) is 31.2 Å². The van der Waals surface area contributed by atoms with Crippen molar-refractivity contribution in [3.8, 4) is 5.75 Å². The zero-order chi connectivity index (χ0) is 19.9. The van der Waals surface area contributed by atoms with Gasteiger partial charge in [0.25, 0.3) is 0 Å². The average molecular weight is 398 g/mol. The van der Waals surface area contributed by atoms with Crippen LogP contribution >= 0.6 is 12.2 Å². The highest BCUT2D eigenvalue weighted by Gasteiger charge is 2.17. The van der Waals surface area contributed by atoms with Gasteiger partial charge in [0.05, 0.1) is 12.6 Å². The molecule has 0 unspecified atom stereocenters. The number of nitrogens with zero attached hydrogens (tertiary/aromatic N) is 1. The van der Waals surface area contributed by atoms with Crippen LogP contribution in [0.2, 0.25) is 0 Å². The van der Waals surface area contributed by atoms with Crippen LogP contribution in [0.15, 0.2) is 48.5 Å². The lowest BCUT2D eigenvalue weighted by Crippen LogP contribution is -2.34. The van der Waals surface area contributed by atoms with E-state index >= 15 is 0 Å². The highest BCUT2D eigenvalue weighted by molar-refractivity contribution is 7.80. The highest BCUT2D eigenvalue weighted by Crippen LogP contribution is 2.24. The van der Waals surface area contributed by atoms with Crippen LogP contribution in [0.4, 0.5) is 11.4 Å². The van der Waals surface area contributed by atoms with Gasteiger partial charge in [0.1, 0.15) is 5.75 Å². The predicted octanol–water partition coefficient (Wildman–Crippen LogP) is 5.37. The Morgan fingerprint density at radius 2 is 1.89 bits per heavy atom. The van der Waals surface area contributed by atoms with Crippen LogP contribution in [0.25, 0.3) is 0 Å². The van der Waals surface area contributed by atoms with Gasteiger partial charge in [-0.2, -0.15) is 0 Å². The number of anilines is 2. The van der Waals surface area contributed by atoms with E-state index in [0.717, 1.165) is 30.4 Å². The number of benzene rings is 2. The third-order valence-corrected chi connectivity index (χ3v) is 5.41. The van der Waals surface area contributed by atoms with Crippen LogP contribution in [-0.2, 0) is 0 Å². The van der Waals surface area contributed by atoms with Crippen molar-refractivity contribution < 1.29 is 4.74 Å². The van der Waals surface area contributed by atoms with Gasteiger partial charge in [0, 0.05) is 24.5 Å². The second-order valence-corrected chi connectivity index (χ2v) is 7.97. The summed E-state index contributed by atoms with van der Waals surface area (Å²) in [6, 6.07) is 16.8. The summed E-state index contributed by atoms with van der Waals surface area (Å²) in [4.78, 5) is 2.49. The van der Waals surface area contributed by atoms with Gasteiger partial charge < -0.3 is 20.3 Å². The van der Waals surface area contributed by atoms with E-state index in [4.69, 9.17) is 17.0 Å². The molecule has 3 rings (SSSR count). The number of hydrogen-bond donors (Lipinski definition) is 2. The van der Waals surface area contributed by atoms with E-state index in [0.29, 0.717) is 11.7 Å². The minimum absolute atomic E-state index is 0.136. The van der Waals surface area contributed by atoms with Gasteiger partial charge in [-0.1, -0.05) is 19.1 Å². The maximum Gasteiger partial charge on any atom is 0.171 e. The summed E-state index contributed by atoms with van der Waals surface area (Å²) in [5.41, 5.74) is 3.49. The van der Waals surface area contributed by atoms with Gasteiger partial charge in [-0.05, 0) is 86.8 Å². The molecule has 0 radical (unpaired) electrons. The van der Waals surface area contributed by atoms with Gasteiger partial charge >= 0.3 is 0 Å². The molecule has 150 valence electrons. The number of thiocarbonyl (C=S) groups is 1. The lowest BCUT2D eigenvalue weighted by molar-refractivity contribution is 0.340. The molecule has 0 amide bonds. The first-order valence-electron chi connectivity index (χ1n) is 10.2. The van der Waals surface area contributed by atoms with Gasteiger partial charge in [0.15, 0.2) is 5.11 Å². The molecule has 1 fully saturated rings. The zero-order valence-electron chi connectivity index (χ0n) is 17.1. The molecular weight excluding hydrogens is 366 g/mol. The SMILES string of the molecule is CCOc1ccc(NC(=S)N[C@H](C)c2ccc(N3CCC[C@@H](C)C3)cc2)cc1. The van der Waals surface area contributed by atoms with Gasteiger partial charge in [-0.3, -0.25) is 0 Å². The molecule has 2 aromatic carbocycles. The molecule has 0 saturated carbocycles. The molecule has 28 heavy (non-hydrogen) atoms. The van der Waals surface area contributed by atoms with E-state index in [1.54, 1.807) is 0 Å². The van der Waals surface area contributed by atoms with Crippen molar-refractivity contribution in [2.45, 2.75) is 39.7 Å². The summed E-state index contributed by atoms with van der Waals surface area (Å²) in [5.74, 6) is 1.64. The van der Waals surface area contributed by atoms with Crippen LogP contribution in [0.5, 0.6) is 5.75 Å². The largest absolute Gasteiger partial charge is 0.494 e. The molecule has 1 aliphatic heterocycles.